The average molecular weight is 387 g/mol. The van der Waals surface area contributed by atoms with Gasteiger partial charge in [0, 0.05) is 17.0 Å². The molecule has 3 rings (SSSR count). The van der Waals surface area contributed by atoms with Gasteiger partial charge in [0.2, 0.25) is 5.91 Å². The maximum atomic E-state index is 12.6. The molecular weight excluding hydrogens is 360 g/mol. The minimum atomic E-state index is -0.437. The zero-order valence-electron chi connectivity index (χ0n) is 16.1. The van der Waals surface area contributed by atoms with E-state index in [4.69, 9.17) is 4.74 Å². The van der Waals surface area contributed by atoms with Crippen LogP contribution in [0.15, 0.2) is 29.6 Å². The van der Waals surface area contributed by atoms with E-state index in [1.165, 1.54) is 24.9 Å². The Balaban J connectivity index is 1.81. The number of amides is 1. The van der Waals surface area contributed by atoms with Crippen molar-refractivity contribution in [3.05, 3.63) is 40.8 Å². The molecule has 1 unspecified atom stereocenters. The van der Waals surface area contributed by atoms with E-state index in [2.05, 4.69) is 17.1 Å². The van der Waals surface area contributed by atoms with Crippen LogP contribution in [0.3, 0.4) is 0 Å². The van der Waals surface area contributed by atoms with E-state index in [0.717, 1.165) is 36.1 Å². The highest BCUT2D eigenvalue weighted by Crippen LogP contribution is 2.36. The smallest absolute Gasteiger partial charge is 0.341 e. The number of carbonyl (C=O) groups is 2. The van der Waals surface area contributed by atoms with Gasteiger partial charge in [-0.2, -0.15) is 0 Å². The van der Waals surface area contributed by atoms with Gasteiger partial charge in [-0.25, -0.2) is 4.79 Å². The molecule has 1 aliphatic heterocycles. The van der Waals surface area contributed by atoms with Crippen LogP contribution in [-0.2, 0) is 9.53 Å². The van der Waals surface area contributed by atoms with Crippen LogP contribution in [0.25, 0.3) is 11.1 Å². The van der Waals surface area contributed by atoms with E-state index in [0.29, 0.717) is 23.2 Å². The number of aryl methyl sites for hydroxylation is 1. The van der Waals surface area contributed by atoms with Gasteiger partial charge < -0.3 is 10.1 Å². The van der Waals surface area contributed by atoms with Crippen molar-refractivity contribution in [2.24, 2.45) is 0 Å². The molecule has 0 spiro atoms. The summed E-state index contributed by atoms with van der Waals surface area (Å²) in [6.07, 6.45) is 3.47. The molecule has 1 fully saturated rings. The Morgan fingerprint density at radius 1 is 1.26 bits per heavy atom. The molecule has 0 aliphatic carbocycles. The topological polar surface area (TPSA) is 58.6 Å². The molecule has 1 N–H and O–H groups in total. The fourth-order valence-corrected chi connectivity index (χ4v) is 4.42. The lowest BCUT2D eigenvalue weighted by Gasteiger charge is -2.32. The fraction of sp³-hybridized carbons (Fsp3) is 0.429. The molecule has 1 atom stereocenters. The van der Waals surface area contributed by atoms with Gasteiger partial charge in [0.25, 0.3) is 0 Å². The minimum absolute atomic E-state index is 0.0915. The molecular formula is C21H26N2O3S. The van der Waals surface area contributed by atoms with Crippen molar-refractivity contribution in [3.63, 3.8) is 0 Å². The second kappa shape index (κ2) is 8.67. The lowest BCUT2D eigenvalue weighted by molar-refractivity contribution is -0.118. The van der Waals surface area contributed by atoms with Crippen LogP contribution in [0.2, 0.25) is 0 Å². The summed E-state index contributed by atoms with van der Waals surface area (Å²) in [5.41, 5.74) is 3.29. The van der Waals surface area contributed by atoms with Crippen molar-refractivity contribution < 1.29 is 14.3 Å². The summed E-state index contributed by atoms with van der Waals surface area (Å²) in [5.74, 6) is -0.528. The first-order valence-corrected chi connectivity index (χ1v) is 10.2. The van der Waals surface area contributed by atoms with Crippen molar-refractivity contribution in [2.75, 3.05) is 25.5 Å². The van der Waals surface area contributed by atoms with Gasteiger partial charge in [-0.05, 0) is 38.8 Å². The zero-order valence-corrected chi connectivity index (χ0v) is 16.9. The van der Waals surface area contributed by atoms with Gasteiger partial charge in [-0.1, -0.05) is 36.2 Å². The summed E-state index contributed by atoms with van der Waals surface area (Å²) in [6, 6.07) is 8.38. The van der Waals surface area contributed by atoms with Crippen LogP contribution in [0.5, 0.6) is 0 Å². The molecule has 2 aromatic rings. The Kier molecular flexibility index (Phi) is 6.29. The third kappa shape index (κ3) is 4.57. The second-order valence-corrected chi connectivity index (χ2v) is 7.95. The largest absolute Gasteiger partial charge is 0.465 e. The molecule has 1 aliphatic rings. The summed E-state index contributed by atoms with van der Waals surface area (Å²) in [7, 11) is 1.36. The number of thiophene rings is 1. The molecule has 0 bridgehead atoms. The van der Waals surface area contributed by atoms with E-state index in [9.17, 15) is 9.59 Å². The molecule has 2 heterocycles. The monoisotopic (exact) mass is 386 g/mol. The van der Waals surface area contributed by atoms with Crippen LogP contribution in [0.4, 0.5) is 5.00 Å². The lowest BCUT2D eigenvalue weighted by Crippen LogP contribution is -2.42. The number of carbonyl (C=O) groups excluding carboxylic acids is 2. The maximum Gasteiger partial charge on any atom is 0.341 e. The molecule has 1 aromatic carbocycles. The second-order valence-electron chi connectivity index (χ2n) is 7.07. The molecule has 0 radical (unpaired) electrons. The predicted octanol–water partition coefficient (Wildman–Crippen LogP) is 4.32. The molecule has 1 aromatic heterocycles. The van der Waals surface area contributed by atoms with Gasteiger partial charge in [-0.15, -0.1) is 11.3 Å². The normalized spacial score (nSPS) is 17.5. The quantitative estimate of drug-likeness (QED) is 0.778. The fourth-order valence-electron chi connectivity index (χ4n) is 3.44. The molecule has 0 saturated carbocycles. The number of benzene rings is 1. The summed E-state index contributed by atoms with van der Waals surface area (Å²) >= 11 is 1.36. The zero-order chi connectivity index (χ0) is 19.4. The number of nitrogens with zero attached hydrogens (tertiary/aromatic N) is 1. The number of hydrogen-bond donors (Lipinski definition) is 1. The Morgan fingerprint density at radius 2 is 2.00 bits per heavy atom. The minimum Gasteiger partial charge on any atom is -0.465 e. The molecule has 5 nitrogen and oxygen atoms in total. The summed E-state index contributed by atoms with van der Waals surface area (Å²) < 4.78 is 4.98. The lowest BCUT2D eigenvalue weighted by atomic mass is 10.0. The van der Waals surface area contributed by atoms with Crippen LogP contribution in [0, 0.1) is 6.92 Å². The van der Waals surface area contributed by atoms with E-state index in [-0.39, 0.29) is 5.91 Å². The average Bonchev–Trinajstić information content (AvgIpc) is 3.07. The number of nitrogens with one attached hydrogen (secondary N) is 1. The first-order chi connectivity index (χ1) is 13.0. The molecule has 6 heteroatoms. The number of anilines is 1. The standard InChI is InChI=1S/C21H26N2O3S/c1-14-7-9-16(10-8-14)17-13-27-20(19(17)21(25)26-3)22-18(24)12-23-11-5-4-6-15(23)2/h7-10,13,15H,4-6,11-12H2,1-3H3,(H,22,24). The van der Waals surface area contributed by atoms with Gasteiger partial charge in [0.15, 0.2) is 0 Å². The predicted molar refractivity (Wildman–Crippen MR) is 109 cm³/mol. The number of ether oxygens (including phenoxy) is 1. The van der Waals surface area contributed by atoms with Crippen molar-refractivity contribution in [1.29, 1.82) is 0 Å². The van der Waals surface area contributed by atoms with Crippen molar-refractivity contribution in [1.82, 2.24) is 4.90 Å². The SMILES string of the molecule is COC(=O)c1c(-c2ccc(C)cc2)csc1NC(=O)CN1CCCCC1C. The highest BCUT2D eigenvalue weighted by atomic mass is 32.1. The number of esters is 1. The third-order valence-electron chi connectivity index (χ3n) is 5.08. The van der Waals surface area contributed by atoms with Gasteiger partial charge in [0.05, 0.1) is 13.7 Å². The Hall–Kier alpha value is -2.18. The van der Waals surface area contributed by atoms with Crippen molar-refractivity contribution >= 4 is 28.2 Å². The molecule has 1 amide bonds. The van der Waals surface area contributed by atoms with E-state index < -0.39 is 5.97 Å². The van der Waals surface area contributed by atoms with Gasteiger partial charge in [-0.3, -0.25) is 9.69 Å². The van der Waals surface area contributed by atoms with E-state index in [1.807, 2.05) is 36.6 Å². The van der Waals surface area contributed by atoms with Gasteiger partial charge >= 0.3 is 5.97 Å². The van der Waals surface area contributed by atoms with Crippen LogP contribution in [0.1, 0.15) is 42.1 Å². The highest BCUT2D eigenvalue weighted by Gasteiger charge is 2.24. The third-order valence-corrected chi connectivity index (χ3v) is 5.98. The number of piperidine rings is 1. The molecule has 144 valence electrons. The summed E-state index contributed by atoms with van der Waals surface area (Å²) in [6.45, 7) is 5.47. The van der Waals surface area contributed by atoms with Crippen LogP contribution in [-0.4, -0.2) is 43.0 Å². The maximum absolute atomic E-state index is 12.6. The first-order valence-electron chi connectivity index (χ1n) is 9.30. The summed E-state index contributed by atoms with van der Waals surface area (Å²) in [4.78, 5) is 27.2. The number of likely N-dealkylation sites (tertiary alicyclic amines) is 1. The Labute approximate surface area is 164 Å². The Bertz CT molecular complexity index is 813. The first kappa shape index (κ1) is 19.6. The van der Waals surface area contributed by atoms with Crippen LogP contribution >= 0.6 is 11.3 Å². The Morgan fingerprint density at radius 3 is 2.67 bits per heavy atom. The van der Waals surface area contributed by atoms with Crippen LogP contribution < -0.4 is 5.32 Å². The van der Waals surface area contributed by atoms with Crippen molar-refractivity contribution in [2.45, 2.75) is 39.2 Å². The van der Waals surface area contributed by atoms with Crippen molar-refractivity contribution in [3.8, 4) is 11.1 Å². The number of rotatable bonds is 5. The molecule has 1 saturated heterocycles. The van der Waals surface area contributed by atoms with Gasteiger partial charge in [0.1, 0.15) is 10.6 Å². The highest BCUT2D eigenvalue weighted by molar-refractivity contribution is 7.15. The number of methoxy groups -OCH3 is 1. The number of hydrogen-bond acceptors (Lipinski definition) is 5. The van der Waals surface area contributed by atoms with E-state index >= 15 is 0 Å². The van der Waals surface area contributed by atoms with E-state index in [1.54, 1.807) is 0 Å². The molecule has 27 heavy (non-hydrogen) atoms. The summed E-state index contributed by atoms with van der Waals surface area (Å²) in [5, 5.41) is 5.38.